The standard InChI is InChI=1S/C18H23N3O2/c22-13-16-7-4-10-21(16)12-15-6-2-1-5-14(15)11-20-18(23)17-8-3-9-19-17/h1-3,5-6,8-9,16,19,22H,4,7,10-13H2,(H,20,23)/t16-/m0/s1. The summed E-state index contributed by atoms with van der Waals surface area (Å²) in [5.41, 5.74) is 2.90. The van der Waals surface area contributed by atoms with E-state index < -0.39 is 0 Å². The number of nitrogens with one attached hydrogen (secondary N) is 2. The van der Waals surface area contributed by atoms with E-state index in [0.29, 0.717) is 12.2 Å². The van der Waals surface area contributed by atoms with Gasteiger partial charge in [-0.25, -0.2) is 0 Å². The molecule has 2 heterocycles. The monoisotopic (exact) mass is 313 g/mol. The fraction of sp³-hybridized carbons (Fsp3) is 0.389. The van der Waals surface area contributed by atoms with Gasteiger partial charge in [0.2, 0.25) is 0 Å². The van der Waals surface area contributed by atoms with Gasteiger partial charge in [-0.15, -0.1) is 0 Å². The van der Waals surface area contributed by atoms with E-state index >= 15 is 0 Å². The molecule has 0 saturated carbocycles. The fourth-order valence-electron chi connectivity index (χ4n) is 3.16. The van der Waals surface area contributed by atoms with Crippen LogP contribution < -0.4 is 5.32 Å². The van der Waals surface area contributed by atoms with Gasteiger partial charge in [0.1, 0.15) is 5.69 Å². The molecule has 0 radical (unpaired) electrons. The lowest BCUT2D eigenvalue weighted by molar-refractivity contribution is 0.0946. The highest BCUT2D eigenvalue weighted by Crippen LogP contribution is 2.21. The molecule has 0 aliphatic carbocycles. The van der Waals surface area contributed by atoms with Crippen molar-refractivity contribution in [3.63, 3.8) is 0 Å². The van der Waals surface area contributed by atoms with Gasteiger partial charge in [0.15, 0.2) is 0 Å². The van der Waals surface area contributed by atoms with Crippen LogP contribution in [0.25, 0.3) is 0 Å². The number of amides is 1. The molecule has 1 aliphatic heterocycles. The second kappa shape index (κ2) is 7.44. The van der Waals surface area contributed by atoms with E-state index in [9.17, 15) is 9.90 Å². The average Bonchev–Trinajstić information content (AvgIpc) is 3.25. The summed E-state index contributed by atoms with van der Waals surface area (Å²) in [6.45, 7) is 2.56. The highest BCUT2D eigenvalue weighted by Gasteiger charge is 2.24. The highest BCUT2D eigenvalue weighted by atomic mass is 16.3. The van der Waals surface area contributed by atoms with E-state index in [1.54, 1.807) is 12.3 Å². The zero-order chi connectivity index (χ0) is 16.1. The summed E-state index contributed by atoms with van der Waals surface area (Å²) in [5.74, 6) is -0.0980. The minimum atomic E-state index is -0.0980. The second-order valence-electron chi connectivity index (χ2n) is 5.98. The number of aromatic nitrogens is 1. The second-order valence-corrected chi connectivity index (χ2v) is 5.98. The number of nitrogens with zero attached hydrogens (tertiary/aromatic N) is 1. The number of carbonyl (C=O) groups excluding carboxylic acids is 1. The predicted molar refractivity (Wildman–Crippen MR) is 88.9 cm³/mol. The van der Waals surface area contributed by atoms with Gasteiger partial charge in [-0.3, -0.25) is 9.69 Å². The molecule has 1 aliphatic rings. The topological polar surface area (TPSA) is 68.4 Å². The minimum absolute atomic E-state index is 0.0980. The van der Waals surface area contributed by atoms with Crippen molar-refractivity contribution in [2.45, 2.75) is 32.0 Å². The van der Waals surface area contributed by atoms with Gasteiger partial charge in [0.25, 0.3) is 5.91 Å². The number of likely N-dealkylation sites (tertiary alicyclic amines) is 1. The average molecular weight is 313 g/mol. The first-order valence-electron chi connectivity index (χ1n) is 8.11. The van der Waals surface area contributed by atoms with E-state index in [0.717, 1.165) is 31.5 Å². The molecule has 5 heteroatoms. The van der Waals surface area contributed by atoms with Crippen LogP contribution in [0.2, 0.25) is 0 Å². The van der Waals surface area contributed by atoms with Gasteiger partial charge < -0.3 is 15.4 Å². The van der Waals surface area contributed by atoms with Crippen LogP contribution >= 0.6 is 0 Å². The summed E-state index contributed by atoms with van der Waals surface area (Å²) in [6, 6.07) is 12.0. The summed E-state index contributed by atoms with van der Waals surface area (Å²) in [5, 5.41) is 12.4. The van der Waals surface area contributed by atoms with Crippen LogP contribution in [-0.2, 0) is 13.1 Å². The van der Waals surface area contributed by atoms with E-state index in [-0.39, 0.29) is 18.6 Å². The molecule has 1 aromatic heterocycles. The summed E-state index contributed by atoms with van der Waals surface area (Å²) in [6.07, 6.45) is 3.93. The van der Waals surface area contributed by atoms with Crippen LogP contribution in [0.1, 0.15) is 34.5 Å². The molecule has 122 valence electrons. The Labute approximate surface area is 136 Å². The van der Waals surface area contributed by atoms with Crippen molar-refractivity contribution < 1.29 is 9.90 Å². The molecule has 0 bridgehead atoms. The summed E-state index contributed by atoms with van der Waals surface area (Å²) in [4.78, 5) is 17.3. The Morgan fingerprint density at radius 1 is 1.26 bits per heavy atom. The SMILES string of the molecule is O=C(NCc1ccccc1CN1CCC[C@H]1CO)c1ccc[nH]1. The molecule has 1 saturated heterocycles. The molecule has 23 heavy (non-hydrogen) atoms. The molecular formula is C18H23N3O2. The first-order chi connectivity index (χ1) is 11.3. The summed E-state index contributed by atoms with van der Waals surface area (Å²) >= 11 is 0. The third-order valence-corrected chi connectivity index (χ3v) is 4.48. The van der Waals surface area contributed by atoms with E-state index in [4.69, 9.17) is 0 Å². The molecule has 2 aromatic rings. The minimum Gasteiger partial charge on any atom is -0.395 e. The predicted octanol–water partition coefficient (Wildman–Crippen LogP) is 1.90. The largest absolute Gasteiger partial charge is 0.395 e. The maximum Gasteiger partial charge on any atom is 0.267 e. The number of H-pyrrole nitrogens is 1. The number of aliphatic hydroxyl groups is 1. The maximum atomic E-state index is 12.0. The lowest BCUT2D eigenvalue weighted by Crippen LogP contribution is -2.32. The first-order valence-corrected chi connectivity index (χ1v) is 8.11. The number of hydrogen-bond donors (Lipinski definition) is 3. The molecule has 1 fully saturated rings. The Morgan fingerprint density at radius 3 is 2.83 bits per heavy atom. The molecule has 0 spiro atoms. The van der Waals surface area contributed by atoms with Crippen LogP contribution in [0.3, 0.4) is 0 Å². The lowest BCUT2D eigenvalue weighted by Gasteiger charge is -2.24. The number of hydrogen-bond acceptors (Lipinski definition) is 3. The molecular weight excluding hydrogens is 290 g/mol. The van der Waals surface area contributed by atoms with Gasteiger partial charge in [-0.1, -0.05) is 24.3 Å². The number of carbonyl (C=O) groups is 1. The molecule has 0 unspecified atom stereocenters. The third kappa shape index (κ3) is 3.81. The zero-order valence-electron chi connectivity index (χ0n) is 13.2. The van der Waals surface area contributed by atoms with Crippen LogP contribution in [-0.4, -0.2) is 40.1 Å². The smallest absolute Gasteiger partial charge is 0.267 e. The van der Waals surface area contributed by atoms with Crippen molar-refractivity contribution in [1.29, 1.82) is 0 Å². The number of rotatable bonds is 6. The Hall–Kier alpha value is -2.11. The highest BCUT2D eigenvalue weighted by molar-refractivity contribution is 5.92. The van der Waals surface area contributed by atoms with Crippen LogP contribution in [0, 0.1) is 0 Å². The Balaban J connectivity index is 1.65. The maximum absolute atomic E-state index is 12.0. The molecule has 1 aromatic carbocycles. The molecule has 3 N–H and O–H groups in total. The van der Waals surface area contributed by atoms with Crippen LogP contribution in [0.15, 0.2) is 42.6 Å². The fourth-order valence-corrected chi connectivity index (χ4v) is 3.16. The Morgan fingerprint density at radius 2 is 2.09 bits per heavy atom. The van der Waals surface area contributed by atoms with Crippen LogP contribution in [0.5, 0.6) is 0 Å². The quantitative estimate of drug-likeness (QED) is 0.763. The number of aliphatic hydroxyl groups excluding tert-OH is 1. The number of aromatic amines is 1. The van der Waals surface area contributed by atoms with Crippen molar-refractivity contribution >= 4 is 5.91 Å². The van der Waals surface area contributed by atoms with Gasteiger partial charge in [-0.2, -0.15) is 0 Å². The van der Waals surface area contributed by atoms with Gasteiger partial charge in [0.05, 0.1) is 6.61 Å². The molecule has 1 amide bonds. The molecule has 3 rings (SSSR count). The van der Waals surface area contributed by atoms with E-state index in [1.165, 1.54) is 5.56 Å². The first kappa shape index (κ1) is 15.8. The molecule has 5 nitrogen and oxygen atoms in total. The summed E-state index contributed by atoms with van der Waals surface area (Å²) < 4.78 is 0. The normalized spacial score (nSPS) is 18.2. The Kier molecular flexibility index (Phi) is 5.10. The third-order valence-electron chi connectivity index (χ3n) is 4.48. The van der Waals surface area contributed by atoms with E-state index in [2.05, 4.69) is 21.3 Å². The molecule has 1 atom stereocenters. The zero-order valence-corrected chi connectivity index (χ0v) is 13.2. The van der Waals surface area contributed by atoms with Crippen molar-refractivity contribution in [3.05, 3.63) is 59.4 Å². The van der Waals surface area contributed by atoms with Crippen molar-refractivity contribution in [2.75, 3.05) is 13.2 Å². The summed E-state index contributed by atoms with van der Waals surface area (Å²) in [7, 11) is 0. The van der Waals surface area contributed by atoms with Gasteiger partial charge >= 0.3 is 0 Å². The van der Waals surface area contributed by atoms with Crippen molar-refractivity contribution in [3.8, 4) is 0 Å². The van der Waals surface area contributed by atoms with Gasteiger partial charge in [-0.05, 0) is 42.6 Å². The van der Waals surface area contributed by atoms with Crippen molar-refractivity contribution in [1.82, 2.24) is 15.2 Å². The Bertz CT molecular complexity index is 639. The van der Waals surface area contributed by atoms with Crippen LogP contribution in [0.4, 0.5) is 0 Å². The lowest BCUT2D eigenvalue weighted by atomic mass is 10.1. The van der Waals surface area contributed by atoms with E-state index in [1.807, 2.05) is 24.3 Å². The van der Waals surface area contributed by atoms with Crippen molar-refractivity contribution in [2.24, 2.45) is 0 Å². The van der Waals surface area contributed by atoms with Gasteiger partial charge in [0, 0.05) is 25.3 Å². The number of benzene rings is 1.